The van der Waals surface area contributed by atoms with Gasteiger partial charge in [-0.1, -0.05) is 23.2 Å². The third-order valence-electron chi connectivity index (χ3n) is 3.71. The highest BCUT2D eigenvalue weighted by atomic mass is 35.5. The Morgan fingerprint density at radius 3 is 2.78 bits per heavy atom. The number of nitrogens with zero attached hydrogens (tertiary/aromatic N) is 1. The Morgan fingerprint density at radius 2 is 2.17 bits per heavy atom. The molecule has 1 aromatic carbocycles. The van der Waals surface area contributed by atoms with E-state index in [1.54, 1.807) is 23.1 Å². The Kier molecular flexibility index (Phi) is 6.69. The van der Waals surface area contributed by atoms with Gasteiger partial charge in [-0.3, -0.25) is 9.59 Å². The molecule has 1 fully saturated rings. The van der Waals surface area contributed by atoms with E-state index in [1.807, 2.05) is 0 Å². The molecule has 0 aromatic heterocycles. The highest BCUT2D eigenvalue weighted by molar-refractivity contribution is 6.36. The first-order valence-electron chi connectivity index (χ1n) is 7.57. The maximum absolute atomic E-state index is 12.0. The molecule has 1 unspecified atom stereocenters. The molecule has 1 aliphatic rings. The van der Waals surface area contributed by atoms with Gasteiger partial charge in [-0.25, -0.2) is 0 Å². The number of halogens is 2. The zero-order valence-corrected chi connectivity index (χ0v) is 14.5. The third-order valence-corrected chi connectivity index (χ3v) is 4.26. The van der Waals surface area contributed by atoms with Crippen LogP contribution in [0.3, 0.4) is 0 Å². The summed E-state index contributed by atoms with van der Waals surface area (Å²) in [7, 11) is 0. The molecule has 0 saturated carbocycles. The normalized spacial score (nSPS) is 17.1. The maximum Gasteiger partial charge on any atom is 0.226 e. The number of benzene rings is 1. The zero-order chi connectivity index (χ0) is 16.8. The molecule has 23 heavy (non-hydrogen) atoms. The molecule has 1 aromatic rings. The van der Waals surface area contributed by atoms with Crippen molar-refractivity contribution in [1.29, 1.82) is 0 Å². The Balaban J connectivity index is 1.84. The summed E-state index contributed by atoms with van der Waals surface area (Å²) >= 11 is 11.8. The lowest BCUT2D eigenvalue weighted by atomic mass is 10.2. The first-order chi connectivity index (χ1) is 11.0. The average Bonchev–Trinajstić information content (AvgIpc) is 2.99. The molecule has 5 nitrogen and oxygen atoms in total. The Bertz CT molecular complexity index is 574. The molecular formula is C16H20Cl2N2O3. The van der Waals surface area contributed by atoms with Crippen molar-refractivity contribution in [1.82, 2.24) is 4.90 Å². The van der Waals surface area contributed by atoms with Crippen molar-refractivity contribution in [3.8, 4) is 0 Å². The molecule has 1 atom stereocenters. The zero-order valence-electron chi connectivity index (χ0n) is 13.0. The van der Waals surface area contributed by atoms with E-state index in [2.05, 4.69) is 5.32 Å². The Morgan fingerprint density at radius 1 is 1.39 bits per heavy atom. The van der Waals surface area contributed by atoms with Crippen LogP contribution >= 0.6 is 23.2 Å². The van der Waals surface area contributed by atoms with Crippen LogP contribution in [0.5, 0.6) is 0 Å². The van der Waals surface area contributed by atoms with Crippen molar-refractivity contribution < 1.29 is 14.3 Å². The summed E-state index contributed by atoms with van der Waals surface area (Å²) in [4.78, 5) is 25.4. The molecule has 0 aliphatic carbocycles. The van der Waals surface area contributed by atoms with Crippen LogP contribution in [0.1, 0.15) is 26.2 Å². The number of carbonyl (C=O) groups excluding carboxylic acids is 2. The molecular weight excluding hydrogens is 339 g/mol. The number of ether oxygens (including phenoxy) is 1. The van der Waals surface area contributed by atoms with Crippen LogP contribution in [0.25, 0.3) is 0 Å². The van der Waals surface area contributed by atoms with E-state index in [-0.39, 0.29) is 24.3 Å². The molecule has 1 saturated heterocycles. The highest BCUT2D eigenvalue weighted by Gasteiger charge is 2.21. The third kappa shape index (κ3) is 5.68. The fourth-order valence-electron chi connectivity index (χ4n) is 2.45. The number of carbonyl (C=O) groups is 2. The van der Waals surface area contributed by atoms with E-state index in [4.69, 9.17) is 27.9 Å². The summed E-state index contributed by atoms with van der Waals surface area (Å²) in [5, 5.41) is 3.62. The molecule has 0 spiro atoms. The second-order valence-corrected chi connectivity index (χ2v) is 6.37. The summed E-state index contributed by atoms with van der Waals surface area (Å²) < 4.78 is 5.54. The molecule has 0 bridgehead atoms. The number of hydrogen-bond donors (Lipinski definition) is 1. The maximum atomic E-state index is 12.0. The minimum Gasteiger partial charge on any atom is -0.376 e. The number of nitrogens with one attached hydrogen (secondary N) is 1. The van der Waals surface area contributed by atoms with Gasteiger partial charge in [0, 0.05) is 38.1 Å². The van der Waals surface area contributed by atoms with Gasteiger partial charge < -0.3 is 15.0 Å². The standard InChI is InChI=1S/C16H20Cl2N2O3/c1-11(21)20(10-13-3-2-8-23-13)7-6-16(22)19-15-5-4-12(17)9-14(15)18/h4-5,9,13H,2-3,6-8,10H2,1H3,(H,19,22). The minimum absolute atomic E-state index is 0.0576. The van der Waals surface area contributed by atoms with E-state index in [0.29, 0.717) is 28.8 Å². The van der Waals surface area contributed by atoms with Gasteiger partial charge in [0.05, 0.1) is 16.8 Å². The van der Waals surface area contributed by atoms with Gasteiger partial charge in [0.2, 0.25) is 11.8 Å². The quantitative estimate of drug-likeness (QED) is 0.848. The van der Waals surface area contributed by atoms with Gasteiger partial charge in [-0.2, -0.15) is 0 Å². The van der Waals surface area contributed by atoms with Crippen molar-refractivity contribution in [3.05, 3.63) is 28.2 Å². The number of hydrogen-bond acceptors (Lipinski definition) is 3. The van der Waals surface area contributed by atoms with Gasteiger partial charge >= 0.3 is 0 Å². The van der Waals surface area contributed by atoms with E-state index in [9.17, 15) is 9.59 Å². The Labute approximate surface area is 145 Å². The first kappa shape index (κ1) is 18.0. The van der Waals surface area contributed by atoms with Gasteiger partial charge in [-0.15, -0.1) is 0 Å². The van der Waals surface area contributed by atoms with Crippen LogP contribution in [0.4, 0.5) is 5.69 Å². The highest BCUT2D eigenvalue weighted by Crippen LogP contribution is 2.25. The van der Waals surface area contributed by atoms with Crippen LogP contribution < -0.4 is 5.32 Å². The van der Waals surface area contributed by atoms with E-state index >= 15 is 0 Å². The lowest BCUT2D eigenvalue weighted by molar-refractivity contribution is -0.130. The molecule has 126 valence electrons. The van der Waals surface area contributed by atoms with Crippen LogP contribution in [0, 0.1) is 0 Å². The molecule has 0 radical (unpaired) electrons. The van der Waals surface area contributed by atoms with Crippen molar-refractivity contribution in [3.63, 3.8) is 0 Å². The fraction of sp³-hybridized carbons (Fsp3) is 0.500. The topological polar surface area (TPSA) is 58.6 Å². The van der Waals surface area contributed by atoms with Crippen LogP contribution in [0.2, 0.25) is 10.0 Å². The molecule has 2 amide bonds. The van der Waals surface area contributed by atoms with E-state index in [1.165, 1.54) is 6.92 Å². The smallest absolute Gasteiger partial charge is 0.226 e. The number of rotatable bonds is 6. The monoisotopic (exact) mass is 358 g/mol. The molecule has 1 aliphatic heterocycles. The summed E-state index contributed by atoms with van der Waals surface area (Å²) in [6, 6.07) is 4.87. The summed E-state index contributed by atoms with van der Waals surface area (Å²) in [5.41, 5.74) is 0.509. The summed E-state index contributed by atoms with van der Waals surface area (Å²) in [6.45, 7) is 3.13. The summed E-state index contributed by atoms with van der Waals surface area (Å²) in [5.74, 6) is -0.259. The number of anilines is 1. The molecule has 1 heterocycles. The minimum atomic E-state index is -0.201. The fourth-order valence-corrected chi connectivity index (χ4v) is 2.91. The predicted octanol–water partition coefficient (Wildman–Crippen LogP) is 3.35. The second-order valence-electron chi connectivity index (χ2n) is 5.52. The second kappa shape index (κ2) is 8.52. The van der Waals surface area contributed by atoms with Crippen LogP contribution in [0.15, 0.2) is 18.2 Å². The van der Waals surface area contributed by atoms with Crippen molar-refractivity contribution in [2.45, 2.75) is 32.3 Å². The van der Waals surface area contributed by atoms with Gasteiger partial charge in [-0.05, 0) is 31.0 Å². The van der Waals surface area contributed by atoms with Crippen molar-refractivity contribution in [2.75, 3.05) is 25.0 Å². The Hall–Kier alpha value is -1.30. The lowest BCUT2D eigenvalue weighted by Gasteiger charge is -2.24. The lowest BCUT2D eigenvalue weighted by Crippen LogP contribution is -2.37. The van der Waals surface area contributed by atoms with Gasteiger partial charge in [0.25, 0.3) is 0 Å². The molecule has 7 heteroatoms. The average molecular weight is 359 g/mol. The summed E-state index contributed by atoms with van der Waals surface area (Å²) in [6.07, 6.45) is 2.25. The van der Waals surface area contributed by atoms with Gasteiger partial charge in [0.1, 0.15) is 0 Å². The number of amides is 2. The van der Waals surface area contributed by atoms with E-state index in [0.717, 1.165) is 19.4 Å². The largest absolute Gasteiger partial charge is 0.376 e. The molecule has 2 rings (SSSR count). The SMILES string of the molecule is CC(=O)N(CCC(=O)Nc1ccc(Cl)cc1Cl)CC1CCCO1. The molecule has 1 N–H and O–H groups in total. The van der Waals surface area contributed by atoms with Crippen molar-refractivity contribution in [2.24, 2.45) is 0 Å². The predicted molar refractivity (Wildman–Crippen MR) is 90.9 cm³/mol. The first-order valence-corrected chi connectivity index (χ1v) is 8.33. The van der Waals surface area contributed by atoms with Crippen molar-refractivity contribution >= 4 is 40.7 Å². The van der Waals surface area contributed by atoms with E-state index < -0.39 is 0 Å². The van der Waals surface area contributed by atoms with Gasteiger partial charge in [0.15, 0.2) is 0 Å². The van der Waals surface area contributed by atoms with Crippen LogP contribution in [-0.4, -0.2) is 42.5 Å². The van der Waals surface area contributed by atoms with Crippen LogP contribution in [-0.2, 0) is 14.3 Å².